The maximum Gasteiger partial charge on any atom is 0.387 e. The van der Waals surface area contributed by atoms with Crippen LogP contribution in [0, 0.1) is 11.3 Å². The molecular weight excluding hydrogens is 338 g/mol. The molecule has 0 bridgehead atoms. The first-order chi connectivity index (χ1) is 11.3. The van der Waals surface area contributed by atoms with Crippen molar-refractivity contribution in [2.45, 2.75) is 18.1 Å². The van der Waals surface area contributed by atoms with Crippen molar-refractivity contribution < 1.29 is 21.9 Å². The van der Waals surface area contributed by atoms with Crippen molar-refractivity contribution in [1.29, 1.82) is 5.26 Å². The highest BCUT2D eigenvalue weighted by atomic mass is 32.2. The van der Waals surface area contributed by atoms with E-state index in [-0.39, 0.29) is 22.8 Å². The quantitative estimate of drug-likeness (QED) is 0.801. The fourth-order valence-corrected chi connectivity index (χ4v) is 3.23. The molecule has 24 heavy (non-hydrogen) atoms. The smallest absolute Gasteiger partial charge is 0.387 e. The monoisotopic (exact) mass is 352 g/mol. The second kappa shape index (κ2) is 7.38. The molecule has 0 atom stereocenters. The number of sulfonamides is 1. The second-order valence-corrected chi connectivity index (χ2v) is 6.97. The van der Waals surface area contributed by atoms with Gasteiger partial charge in [-0.2, -0.15) is 18.3 Å². The van der Waals surface area contributed by atoms with Gasteiger partial charge in [0.15, 0.2) is 0 Å². The number of benzene rings is 2. The molecule has 0 saturated carbocycles. The summed E-state index contributed by atoms with van der Waals surface area (Å²) in [5.74, 6) is 0.000909. The topological polar surface area (TPSA) is 70.4 Å². The summed E-state index contributed by atoms with van der Waals surface area (Å²) in [6, 6.07) is 13.3. The third-order valence-electron chi connectivity index (χ3n) is 3.23. The summed E-state index contributed by atoms with van der Waals surface area (Å²) in [4.78, 5) is 0.0155. The summed E-state index contributed by atoms with van der Waals surface area (Å²) in [6.45, 7) is -2.86. The van der Waals surface area contributed by atoms with Crippen molar-refractivity contribution in [1.82, 2.24) is 4.31 Å². The molecule has 0 aliphatic carbocycles. The van der Waals surface area contributed by atoms with Gasteiger partial charge in [0.05, 0.1) is 16.5 Å². The molecule has 0 radical (unpaired) electrons. The average molecular weight is 352 g/mol. The SMILES string of the molecule is CN(Cc1ccc(OC(F)F)cc1)S(=O)(=O)c1cccc(C#N)c1. The molecule has 0 fully saturated rings. The van der Waals surface area contributed by atoms with Crippen LogP contribution in [-0.2, 0) is 16.6 Å². The minimum atomic E-state index is -3.77. The summed E-state index contributed by atoms with van der Waals surface area (Å²) in [6.07, 6.45) is 0. The van der Waals surface area contributed by atoms with E-state index in [2.05, 4.69) is 4.74 Å². The average Bonchev–Trinajstić information content (AvgIpc) is 2.56. The van der Waals surface area contributed by atoms with Crippen LogP contribution in [-0.4, -0.2) is 26.4 Å². The number of halogens is 2. The number of rotatable bonds is 6. The van der Waals surface area contributed by atoms with Crippen molar-refractivity contribution in [2.75, 3.05) is 7.05 Å². The van der Waals surface area contributed by atoms with Gasteiger partial charge < -0.3 is 4.74 Å². The van der Waals surface area contributed by atoms with Gasteiger partial charge in [-0.05, 0) is 35.9 Å². The Labute approximate surface area is 138 Å². The minimum absolute atomic E-state index is 0.000909. The Bertz CT molecular complexity index is 846. The predicted octanol–water partition coefficient (Wildman–Crippen LogP) is 2.98. The van der Waals surface area contributed by atoms with Crippen LogP contribution in [0.3, 0.4) is 0 Å². The summed E-state index contributed by atoms with van der Waals surface area (Å²) in [7, 11) is -2.37. The first kappa shape index (κ1) is 17.8. The van der Waals surface area contributed by atoms with Crippen LogP contribution in [0.4, 0.5) is 8.78 Å². The molecule has 126 valence electrons. The van der Waals surface area contributed by atoms with Gasteiger partial charge in [0, 0.05) is 13.6 Å². The van der Waals surface area contributed by atoms with Gasteiger partial charge in [0.25, 0.3) is 0 Å². The highest BCUT2D eigenvalue weighted by molar-refractivity contribution is 7.89. The zero-order valence-electron chi connectivity index (χ0n) is 12.7. The van der Waals surface area contributed by atoms with Crippen LogP contribution in [0.25, 0.3) is 0 Å². The fraction of sp³-hybridized carbons (Fsp3) is 0.188. The van der Waals surface area contributed by atoms with Gasteiger partial charge in [-0.25, -0.2) is 8.42 Å². The molecule has 0 heterocycles. The van der Waals surface area contributed by atoms with Crippen molar-refractivity contribution >= 4 is 10.0 Å². The zero-order chi connectivity index (χ0) is 17.7. The number of hydrogen-bond acceptors (Lipinski definition) is 4. The highest BCUT2D eigenvalue weighted by Gasteiger charge is 2.21. The Kier molecular flexibility index (Phi) is 5.49. The van der Waals surface area contributed by atoms with Crippen molar-refractivity contribution in [3.8, 4) is 11.8 Å². The number of nitrogens with zero attached hydrogens (tertiary/aromatic N) is 2. The Balaban J connectivity index is 2.16. The van der Waals surface area contributed by atoms with Crippen LogP contribution in [0.15, 0.2) is 53.4 Å². The van der Waals surface area contributed by atoms with E-state index in [4.69, 9.17) is 5.26 Å². The predicted molar refractivity (Wildman–Crippen MR) is 82.9 cm³/mol. The minimum Gasteiger partial charge on any atom is -0.435 e. The largest absolute Gasteiger partial charge is 0.435 e. The van der Waals surface area contributed by atoms with E-state index in [0.717, 1.165) is 4.31 Å². The first-order valence-electron chi connectivity index (χ1n) is 6.83. The third-order valence-corrected chi connectivity index (χ3v) is 5.02. The second-order valence-electron chi connectivity index (χ2n) is 4.92. The number of ether oxygens (including phenoxy) is 1. The van der Waals surface area contributed by atoms with Gasteiger partial charge in [-0.3, -0.25) is 0 Å². The lowest BCUT2D eigenvalue weighted by atomic mass is 10.2. The normalized spacial score (nSPS) is 11.5. The lowest BCUT2D eigenvalue weighted by Crippen LogP contribution is -2.26. The summed E-state index contributed by atoms with van der Waals surface area (Å²) in [5, 5.41) is 8.87. The number of nitriles is 1. The molecule has 0 aliphatic rings. The van der Waals surface area contributed by atoms with Gasteiger partial charge in [0.2, 0.25) is 10.0 Å². The molecule has 2 rings (SSSR count). The van der Waals surface area contributed by atoms with Gasteiger partial charge >= 0.3 is 6.61 Å². The molecule has 0 unspecified atom stereocenters. The maximum atomic E-state index is 12.5. The van der Waals surface area contributed by atoms with Crippen LogP contribution in [0.1, 0.15) is 11.1 Å². The lowest BCUT2D eigenvalue weighted by molar-refractivity contribution is -0.0498. The standard InChI is InChI=1S/C16H14F2N2O3S/c1-20(11-12-5-7-14(8-6-12)23-16(17)18)24(21,22)15-4-2-3-13(9-15)10-19/h2-9,16H,11H2,1H3. The number of alkyl halides is 2. The van der Waals surface area contributed by atoms with Crippen molar-refractivity contribution in [3.05, 3.63) is 59.7 Å². The Morgan fingerprint density at radius 2 is 1.88 bits per heavy atom. The van der Waals surface area contributed by atoms with E-state index < -0.39 is 16.6 Å². The molecule has 0 N–H and O–H groups in total. The molecule has 0 spiro atoms. The molecule has 0 amide bonds. The van der Waals surface area contributed by atoms with E-state index in [1.54, 1.807) is 0 Å². The molecule has 8 heteroatoms. The van der Waals surface area contributed by atoms with E-state index in [9.17, 15) is 17.2 Å². The molecular formula is C16H14F2N2O3S. The molecule has 0 aromatic heterocycles. The Hall–Kier alpha value is -2.50. The van der Waals surface area contributed by atoms with E-state index in [1.165, 1.54) is 55.6 Å². The number of hydrogen-bond donors (Lipinski definition) is 0. The highest BCUT2D eigenvalue weighted by Crippen LogP contribution is 2.20. The summed E-state index contributed by atoms with van der Waals surface area (Å²) in [5.41, 5.74) is 0.858. The summed E-state index contributed by atoms with van der Waals surface area (Å²) >= 11 is 0. The van der Waals surface area contributed by atoms with Crippen molar-refractivity contribution in [2.24, 2.45) is 0 Å². The summed E-state index contributed by atoms with van der Waals surface area (Å²) < 4.78 is 54.6. The van der Waals surface area contributed by atoms with Gasteiger partial charge in [0.1, 0.15) is 5.75 Å². The maximum absolute atomic E-state index is 12.5. The molecule has 2 aromatic rings. The Morgan fingerprint density at radius 3 is 2.46 bits per heavy atom. The molecule has 0 aliphatic heterocycles. The van der Waals surface area contributed by atoms with Gasteiger partial charge in [-0.1, -0.05) is 18.2 Å². The van der Waals surface area contributed by atoms with E-state index >= 15 is 0 Å². The molecule has 0 saturated heterocycles. The van der Waals surface area contributed by atoms with Crippen LogP contribution < -0.4 is 4.74 Å². The van der Waals surface area contributed by atoms with Crippen LogP contribution in [0.5, 0.6) is 5.75 Å². The Morgan fingerprint density at radius 1 is 1.21 bits per heavy atom. The molecule has 5 nitrogen and oxygen atoms in total. The first-order valence-corrected chi connectivity index (χ1v) is 8.27. The van der Waals surface area contributed by atoms with E-state index in [1.807, 2.05) is 6.07 Å². The van der Waals surface area contributed by atoms with Crippen LogP contribution in [0.2, 0.25) is 0 Å². The van der Waals surface area contributed by atoms with E-state index in [0.29, 0.717) is 5.56 Å². The van der Waals surface area contributed by atoms with Gasteiger partial charge in [-0.15, -0.1) is 0 Å². The molecule has 2 aromatic carbocycles. The lowest BCUT2D eigenvalue weighted by Gasteiger charge is -2.17. The fourth-order valence-electron chi connectivity index (χ4n) is 2.02. The van der Waals surface area contributed by atoms with Crippen molar-refractivity contribution in [3.63, 3.8) is 0 Å². The third kappa shape index (κ3) is 4.28. The zero-order valence-corrected chi connectivity index (χ0v) is 13.5. The van der Waals surface area contributed by atoms with Crippen LogP contribution >= 0.6 is 0 Å².